The smallest absolute Gasteiger partial charge is 0.231 e. The Balaban J connectivity index is 1.26. The van der Waals surface area contributed by atoms with Crippen LogP contribution in [-0.2, 0) is 14.3 Å². The van der Waals surface area contributed by atoms with Gasteiger partial charge in [0, 0.05) is 44.2 Å². The third kappa shape index (κ3) is 5.19. The van der Waals surface area contributed by atoms with Gasteiger partial charge >= 0.3 is 0 Å². The summed E-state index contributed by atoms with van der Waals surface area (Å²) in [5.74, 6) is 0.554. The molecule has 2 amide bonds. The summed E-state index contributed by atoms with van der Waals surface area (Å²) >= 11 is 0. The van der Waals surface area contributed by atoms with Gasteiger partial charge in [0.2, 0.25) is 11.8 Å². The summed E-state index contributed by atoms with van der Waals surface area (Å²) in [5, 5.41) is 7.38. The molecular weight excluding hydrogens is 396 g/mol. The predicted octanol–water partition coefficient (Wildman–Crippen LogP) is 2.68. The second kappa shape index (κ2) is 9.87. The van der Waals surface area contributed by atoms with Gasteiger partial charge in [-0.05, 0) is 19.3 Å². The van der Waals surface area contributed by atoms with E-state index >= 15 is 0 Å². The van der Waals surface area contributed by atoms with E-state index in [0.29, 0.717) is 37.7 Å². The van der Waals surface area contributed by atoms with Crippen LogP contribution in [0.1, 0.15) is 48.5 Å². The Morgan fingerprint density at radius 3 is 2.52 bits per heavy atom. The second-order valence-corrected chi connectivity index (χ2v) is 8.11. The van der Waals surface area contributed by atoms with Gasteiger partial charge in [-0.1, -0.05) is 30.3 Å². The number of ether oxygens (including phenoxy) is 1. The largest absolute Gasteiger partial charge is 0.381 e. The van der Waals surface area contributed by atoms with Gasteiger partial charge in [-0.15, -0.1) is 0 Å². The van der Waals surface area contributed by atoms with E-state index in [1.807, 2.05) is 27.8 Å². The van der Waals surface area contributed by atoms with Crippen LogP contribution in [0.2, 0.25) is 0 Å². The van der Waals surface area contributed by atoms with Crippen molar-refractivity contribution in [1.82, 2.24) is 14.7 Å². The molecule has 164 valence electrons. The van der Waals surface area contributed by atoms with E-state index in [-0.39, 0.29) is 42.4 Å². The minimum absolute atomic E-state index is 0.00609. The molecule has 0 saturated carbocycles. The van der Waals surface area contributed by atoms with Gasteiger partial charge in [0.1, 0.15) is 5.82 Å². The number of amides is 2. The number of carbonyl (C=O) groups excluding carboxylic acids is 3. The van der Waals surface area contributed by atoms with E-state index in [2.05, 4.69) is 10.4 Å². The Morgan fingerprint density at radius 1 is 1.03 bits per heavy atom. The van der Waals surface area contributed by atoms with Crippen LogP contribution in [0.25, 0.3) is 0 Å². The number of nitrogens with one attached hydrogen (secondary N) is 1. The first-order chi connectivity index (χ1) is 15.1. The van der Waals surface area contributed by atoms with Crippen molar-refractivity contribution in [3.63, 3.8) is 0 Å². The highest BCUT2D eigenvalue weighted by molar-refractivity contribution is 5.97. The maximum Gasteiger partial charge on any atom is 0.231 e. The van der Waals surface area contributed by atoms with E-state index in [4.69, 9.17) is 4.74 Å². The fourth-order valence-corrected chi connectivity index (χ4v) is 4.18. The highest BCUT2D eigenvalue weighted by atomic mass is 16.5. The molecule has 2 aromatic rings. The topological polar surface area (TPSA) is 93.5 Å². The quantitative estimate of drug-likeness (QED) is 0.690. The third-order valence-electron chi connectivity index (χ3n) is 6.05. The zero-order valence-corrected chi connectivity index (χ0v) is 17.5. The second-order valence-electron chi connectivity index (χ2n) is 8.11. The molecule has 31 heavy (non-hydrogen) atoms. The number of rotatable bonds is 7. The lowest BCUT2D eigenvalue weighted by Crippen LogP contribution is -2.39. The Morgan fingerprint density at radius 2 is 1.81 bits per heavy atom. The maximum absolute atomic E-state index is 12.6. The molecule has 1 N–H and O–H groups in total. The first-order valence-electron chi connectivity index (χ1n) is 10.9. The number of carbonyl (C=O) groups is 3. The lowest BCUT2D eigenvalue weighted by Gasteiger charge is -2.33. The standard InChI is InChI=1S/C23H28N4O4/c28-20(17-4-2-1-3-5-17)6-7-22(29)26-13-9-19(10-14-26)27-21(8-12-24-27)25-23(30)18-11-15-31-16-18/h1-5,8,12,18-19H,6-7,9-11,13-16H2,(H,25,30)/t18-/m1/s1. The highest BCUT2D eigenvalue weighted by Crippen LogP contribution is 2.26. The number of benzene rings is 1. The zero-order chi connectivity index (χ0) is 21.6. The van der Waals surface area contributed by atoms with Gasteiger partial charge in [-0.3, -0.25) is 14.4 Å². The molecule has 0 radical (unpaired) electrons. The van der Waals surface area contributed by atoms with Crippen LogP contribution in [0, 0.1) is 5.92 Å². The number of piperidine rings is 1. The SMILES string of the molecule is O=C(CCC(=O)N1CCC(n2nccc2NC(=O)[C@@H]2CCOC2)CC1)c1ccccc1. The zero-order valence-electron chi connectivity index (χ0n) is 17.5. The number of aromatic nitrogens is 2. The van der Waals surface area contributed by atoms with Crippen molar-refractivity contribution in [3.05, 3.63) is 48.2 Å². The first kappa shape index (κ1) is 21.2. The molecule has 2 fully saturated rings. The average Bonchev–Trinajstić information content (AvgIpc) is 3.50. The average molecular weight is 425 g/mol. The van der Waals surface area contributed by atoms with Gasteiger partial charge in [0.15, 0.2) is 5.78 Å². The molecule has 0 spiro atoms. The van der Waals surface area contributed by atoms with E-state index in [1.165, 1.54) is 0 Å². The van der Waals surface area contributed by atoms with Crippen LogP contribution in [-0.4, -0.2) is 58.6 Å². The third-order valence-corrected chi connectivity index (χ3v) is 6.05. The monoisotopic (exact) mass is 424 g/mol. The van der Waals surface area contributed by atoms with Crippen LogP contribution in [0.5, 0.6) is 0 Å². The number of hydrogen-bond donors (Lipinski definition) is 1. The Labute approximate surface area is 181 Å². The molecule has 8 nitrogen and oxygen atoms in total. The Bertz CT molecular complexity index is 913. The van der Waals surface area contributed by atoms with Crippen molar-refractivity contribution in [1.29, 1.82) is 0 Å². The molecule has 0 unspecified atom stereocenters. The molecule has 2 aliphatic heterocycles. The molecule has 4 rings (SSSR count). The Kier molecular flexibility index (Phi) is 6.76. The number of anilines is 1. The van der Waals surface area contributed by atoms with E-state index in [9.17, 15) is 14.4 Å². The minimum atomic E-state index is -0.110. The molecular formula is C23H28N4O4. The van der Waals surface area contributed by atoms with Gasteiger partial charge in [0.05, 0.1) is 24.8 Å². The fraction of sp³-hybridized carbons (Fsp3) is 0.478. The van der Waals surface area contributed by atoms with Crippen molar-refractivity contribution in [2.24, 2.45) is 5.92 Å². The van der Waals surface area contributed by atoms with E-state index < -0.39 is 0 Å². The summed E-state index contributed by atoms with van der Waals surface area (Å²) < 4.78 is 7.15. The van der Waals surface area contributed by atoms with Crippen LogP contribution >= 0.6 is 0 Å². The van der Waals surface area contributed by atoms with Crippen LogP contribution in [0.4, 0.5) is 5.82 Å². The summed E-state index contributed by atoms with van der Waals surface area (Å²) in [7, 11) is 0. The van der Waals surface area contributed by atoms with Crippen LogP contribution in [0.15, 0.2) is 42.6 Å². The number of Topliss-reactive ketones (excluding diaryl/α,β-unsaturated/α-hetero) is 1. The predicted molar refractivity (Wildman–Crippen MR) is 115 cm³/mol. The summed E-state index contributed by atoms with van der Waals surface area (Å²) in [6, 6.07) is 11.0. The van der Waals surface area contributed by atoms with Gasteiger partial charge in [0.25, 0.3) is 0 Å². The van der Waals surface area contributed by atoms with E-state index in [1.54, 1.807) is 24.4 Å². The van der Waals surface area contributed by atoms with Crippen LogP contribution in [0.3, 0.4) is 0 Å². The summed E-state index contributed by atoms with van der Waals surface area (Å²) in [6.45, 7) is 2.33. The van der Waals surface area contributed by atoms with Gasteiger partial charge in [-0.2, -0.15) is 5.10 Å². The summed E-state index contributed by atoms with van der Waals surface area (Å²) in [6.07, 6.45) is 4.40. The molecule has 2 aliphatic rings. The molecule has 1 aromatic carbocycles. The van der Waals surface area contributed by atoms with Gasteiger partial charge < -0.3 is 15.0 Å². The first-order valence-corrected chi connectivity index (χ1v) is 10.9. The number of likely N-dealkylation sites (tertiary alicyclic amines) is 1. The fourth-order valence-electron chi connectivity index (χ4n) is 4.18. The van der Waals surface area contributed by atoms with Crippen molar-refractivity contribution < 1.29 is 19.1 Å². The molecule has 2 saturated heterocycles. The van der Waals surface area contributed by atoms with E-state index in [0.717, 1.165) is 19.3 Å². The lowest BCUT2D eigenvalue weighted by atomic mass is 10.0. The van der Waals surface area contributed by atoms with Gasteiger partial charge in [-0.25, -0.2) is 4.68 Å². The number of nitrogens with zero attached hydrogens (tertiary/aromatic N) is 3. The molecule has 1 aromatic heterocycles. The Hall–Kier alpha value is -3.00. The normalized spacial score (nSPS) is 19.4. The maximum atomic E-state index is 12.6. The molecule has 1 atom stereocenters. The lowest BCUT2D eigenvalue weighted by molar-refractivity contribution is -0.132. The molecule has 8 heteroatoms. The summed E-state index contributed by atoms with van der Waals surface area (Å²) in [4.78, 5) is 39.0. The van der Waals surface area contributed by atoms with Crippen molar-refractivity contribution in [2.75, 3.05) is 31.6 Å². The minimum Gasteiger partial charge on any atom is -0.381 e. The van der Waals surface area contributed by atoms with Crippen molar-refractivity contribution in [2.45, 2.75) is 38.1 Å². The number of hydrogen-bond acceptors (Lipinski definition) is 5. The number of ketones is 1. The summed E-state index contributed by atoms with van der Waals surface area (Å²) in [5.41, 5.74) is 0.645. The highest BCUT2D eigenvalue weighted by Gasteiger charge is 2.28. The molecule has 0 bridgehead atoms. The molecule has 3 heterocycles. The molecule has 0 aliphatic carbocycles. The van der Waals surface area contributed by atoms with Crippen molar-refractivity contribution in [3.8, 4) is 0 Å². The van der Waals surface area contributed by atoms with Crippen molar-refractivity contribution >= 4 is 23.4 Å². The van der Waals surface area contributed by atoms with Crippen LogP contribution < -0.4 is 5.32 Å².